The van der Waals surface area contributed by atoms with Crippen LogP contribution in [0.4, 0.5) is 13.2 Å². The number of hydrogen-bond donors (Lipinski definition) is 0. The molecule has 0 N–H and O–H groups in total. The smallest absolute Gasteiger partial charge is 0.337 e. The van der Waals surface area contributed by atoms with Crippen LogP contribution < -0.4 is 4.74 Å². The van der Waals surface area contributed by atoms with Crippen molar-refractivity contribution in [2.75, 3.05) is 14.2 Å². The molecule has 0 aliphatic carbocycles. The lowest BCUT2D eigenvalue weighted by atomic mass is 9.95. The summed E-state index contributed by atoms with van der Waals surface area (Å²) in [5.41, 5.74) is 2.29. The molecule has 4 aromatic carbocycles. The van der Waals surface area contributed by atoms with E-state index in [1.165, 1.54) is 49.2 Å². The topological polar surface area (TPSA) is 116 Å². The van der Waals surface area contributed by atoms with Crippen LogP contribution in [0.15, 0.2) is 108 Å². The first-order chi connectivity index (χ1) is 25.0. The molecule has 7 aromatic rings. The van der Waals surface area contributed by atoms with Crippen LogP contribution >= 0.6 is 11.6 Å². The highest BCUT2D eigenvalue weighted by atomic mass is 35.5. The average molecular weight is 741 g/mol. The number of rotatable bonds is 8. The van der Waals surface area contributed by atoms with E-state index < -0.39 is 28.2 Å². The quantitative estimate of drug-likeness (QED) is 0.143. The van der Waals surface area contributed by atoms with Crippen LogP contribution in [0.25, 0.3) is 49.9 Å². The average Bonchev–Trinajstić information content (AvgIpc) is 3.73. The van der Waals surface area contributed by atoms with Crippen LogP contribution in [-0.4, -0.2) is 42.2 Å². The Hall–Kier alpha value is -6.10. The molecule has 7 rings (SSSR count). The molecule has 0 saturated carbocycles. The summed E-state index contributed by atoms with van der Waals surface area (Å²) in [5.74, 6) is -0.957. The standard InChI is InChI=1S/C38H24ClF3N4O5S/c1-50-27-17-31(35-25(18-43)19-44-45(35)20-27)34-30-16-26(40)9-13-33(30)46(52(48,49)28-10-6-21(7-11-28)37(41)42)36(34)23-5-3-4-22(14-23)29-12-8-24(15-32(29)39)38(47)51-2/h3-17,19-20,37H,1-2H3. The third-order valence-corrected chi connectivity index (χ3v) is 10.6. The number of benzene rings is 4. The van der Waals surface area contributed by atoms with E-state index in [-0.39, 0.29) is 48.8 Å². The van der Waals surface area contributed by atoms with Gasteiger partial charge in [0.1, 0.15) is 17.6 Å². The molecule has 0 saturated heterocycles. The van der Waals surface area contributed by atoms with E-state index in [2.05, 4.69) is 11.2 Å². The van der Waals surface area contributed by atoms with E-state index in [1.54, 1.807) is 42.6 Å². The Kier molecular flexibility index (Phi) is 8.73. The maximum atomic E-state index is 15.2. The van der Waals surface area contributed by atoms with Crippen molar-refractivity contribution in [3.63, 3.8) is 0 Å². The zero-order valence-electron chi connectivity index (χ0n) is 27.1. The van der Waals surface area contributed by atoms with Crippen molar-refractivity contribution in [3.05, 3.63) is 131 Å². The van der Waals surface area contributed by atoms with Crippen molar-refractivity contribution in [2.45, 2.75) is 11.3 Å². The first-order valence-electron chi connectivity index (χ1n) is 15.4. The second-order valence-corrected chi connectivity index (χ2v) is 13.7. The summed E-state index contributed by atoms with van der Waals surface area (Å²) in [5, 5.41) is 14.8. The van der Waals surface area contributed by atoms with Gasteiger partial charge in [-0.05, 0) is 60.2 Å². The molecule has 52 heavy (non-hydrogen) atoms. The molecule has 0 aliphatic heterocycles. The predicted octanol–water partition coefficient (Wildman–Crippen LogP) is 8.92. The van der Waals surface area contributed by atoms with Gasteiger partial charge in [-0.3, -0.25) is 0 Å². The first-order valence-corrected chi connectivity index (χ1v) is 17.2. The Morgan fingerprint density at radius 3 is 2.37 bits per heavy atom. The third-order valence-electron chi connectivity index (χ3n) is 8.61. The zero-order chi connectivity index (χ0) is 36.9. The minimum atomic E-state index is -4.61. The summed E-state index contributed by atoms with van der Waals surface area (Å²) in [7, 11) is -1.94. The molecule has 9 nitrogen and oxygen atoms in total. The molecule has 0 amide bonds. The lowest BCUT2D eigenvalue weighted by Gasteiger charge is -2.16. The van der Waals surface area contributed by atoms with Crippen LogP contribution in [0, 0.1) is 17.1 Å². The molecule has 0 radical (unpaired) electrons. The Balaban J connectivity index is 1.61. The van der Waals surface area contributed by atoms with Gasteiger partial charge < -0.3 is 9.47 Å². The van der Waals surface area contributed by atoms with E-state index in [1.807, 2.05) is 0 Å². The fraction of sp³-hybridized carbons (Fsp3) is 0.0789. The molecule has 0 unspecified atom stereocenters. The van der Waals surface area contributed by atoms with Gasteiger partial charge in [0, 0.05) is 38.2 Å². The predicted molar refractivity (Wildman–Crippen MR) is 189 cm³/mol. The number of fused-ring (bicyclic) bond motifs is 2. The number of esters is 1. The first kappa shape index (κ1) is 34.4. The number of carbonyl (C=O) groups excluding carboxylic acids is 1. The molecular weight excluding hydrogens is 717 g/mol. The van der Waals surface area contributed by atoms with Crippen LogP contribution in [0.2, 0.25) is 5.02 Å². The van der Waals surface area contributed by atoms with Gasteiger partial charge in [-0.25, -0.2) is 34.9 Å². The van der Waals surface area contributed by atoms with E-state index >= 15 is 4.39 Å². The number of ether oxygens (including phenoxy) is 2. The molecule has 260 valence electrons. The Bertz CT molecular complexity index is 2720. The molecule has 14 heteroatoms. The van der Waals surface area contributed by atoms with Gasteiger partial charge in [-0.15, -0.1) is 0 Å². The largest absolute Gasteiger partial charge is 0.495 e. The highest BCUT2D eigenvalue weighted by Crippen LogP contribution is 2.46. The monoisotopic (exact) mass is 740 g/mol. The SMILES string of the molecule is COC(=O)c1ccc(-c2cccc(-c3c(-c4cc(OC)cn5ncc(C#N)c45)c4cc(F)ccc4n3S(=O)(=O)c3ccc(C(F)F)cc3)c2)c(Cl)c1. The van der Waals surface area contributed by atoms with E-state index in [0.717, 1.165) is 34.3 Å². The molecule has 0 aliphatic rings. The van der Waals surface area contributed by atoms with Crippen molar-refractivity contribution >= 4 is 44.0 Å². The van der Waals surface area contributed by atoms with Crippen LogP contribution in [-0.2, 0) is 14.8 Å². The van der Waals surface area contributed by atoms with E-state index in [9.17, 15) is 27.3 Å². The minimum Gasteiger partial charge on any atom is -0.495 e. The van der Waals surface area contributed by atoms with Crippen molar-refractivity contribution in [1.82, 2.24) is 13.6 Å². The second kappa shape index (κ2) is 13.2. The van der Waals surface area contributed by atoms with Crippen molar-refractivity contribution in [3.8, 4) is 45.3 Å². The Labute approximate surface area is 299 Å². The molecule has 3 heterocycles. The molecule has 0 atom stereocenters. The zero-order valence-corrected chi connectivity index (χ0v) is 28.7. The van der Waals surface area contributed by atoms with Crippen LogP contribution in [0.5, 0.6) is 5.75 Å². The summed E-state index contributed by atoms with van der Waals surface area (Å²) in [6.45, 7) is 0. The fourth-order valence-electron chi connectivity index (χ4n) is 6.22. The lowest BCUT2D eigenvalue weighted by Crippen LogP contribution is -2.14. The van der Waals surface area contributed by atoms with Gasteiger partial charge in [0.15, 0.2) is 0 Å². The number of methoxy groups -OCH3 is 2. The van der Waals surface area contributed by atoms with Gasteiger partial charge in [0.25, 0.3) is 16.4 Å². The highest BCUT2D eigenvalue weighted by molar-refractivity contribution is 7.90. The molecule has 0 bridgehead atoms. The summed E-state index contributed by atoms with van der Waals surface area (Å²) >= 11 is 6.65. The molecule has 3 aromatic heterocycles. The third kappa shape index (κ3) is 5.71. The summed E-state index contributed by atoms with van der Waals surface area (Å²) in [4.78, 5) is 11.9. The summed E-state index contributed by atoms with van der Waals surface area (Å²) < 4.78 is 84.6. The molecule has 0 spiro atoms. The number of hydrogen-bond acceptors (Lipinski definition) is 7. The van der Waals surface area contributed by atoms with Gasteiger partial charge in [0.2, 0.25) is 0 Å². The Morgan fingerprint density at radius 2 is 1.69 bits per heavy atom. The molecular formula is C38H24ClF3N4O5S. The van der Waals surface area contributed by atoms with Crippen LogP contribution in [0.1, 0.15) is 27.9 Å². The maximum Gasteiger partial charge on any atom is 0.337 e. The maximum absolute atomic E-state index is 15.2. The number of aromatic nitrogens is 3. The van der Waals surface area contributed by atoms with Gasteiger partial charge in [-0.1, -0.05) is 48.0 Å². The van der Waals surface area contributed by atoms with E-state index in [0.29, 0.717) is 33.5 Å². The summed E-state index contributed by atoms with van der Waals surface area (Å²) in [6, 6.07) is 22.9. The molecule has 0 fully saturated rings. The number of nitriles is 1. The minimum absolute atomic E-state index is 0.0583. The number of halogens is 4. The van der Waals surface area contributed by atoms with Crippen LogP contribution in [0.3, 0.4) is 0 Å². The van der Waals surface area contributed by atoms with Crippen molar-refractivity contribution in [2.24, 2.45) is 0 Å². The van der Waals surface area contributed by atoms with Crippen molar-refractivity contribution < 1.29 is 35.9 Å². The number of alkyl halides is 2. The van der Waals surface area contributed by atoms with E-state index in [4.69, 9.17) is 21.1 Å². The number of pyridine rings is 1. The fourth-order valence-corrected chi connectivity index (χ4v) is 8.05. The number of nitrogens with zero attached hydrogens (tertiary/aromatic N) is 4. The van der Waals surface area contributed by atoms with Crippen molar-refractivity contribution in [1.29, 1.82) is 5.26 Å². The van der Waals surface area contributed by atoms with Gasteiger partial charge in [-0.2, -0.15) is 10.4 Å². The number of carbonyl (C=O) groups is 1. The Morgan fingerprint density at radius 1 is 0.942 bits per heavy atom. The lowest BCUT2D eigenvalue weighted by molar-refractivity contribution is 0.0600. The summed E-state index contributed by atoms with van der Waals surface area (Å²) in [6.07, 6.45) is 0.0618. The normalized spacial score (nSPS) is 11.7. The highest BCUT2D eigenvalue weighted by Gasteiger charge is 2.31. The van der Waals surface area contributed by atoms with Gasteiger partial charge >= 0.3 is 5.97 Å². The second-order valence-electron chi connectivity index (χ2n) is 11.5. The van der Waals surface area contributed by atoms with Gasteiger partial charge in [0.05, 0.1) is 59.4 Å².